The van der Waals surface area contributed by atoms with Gasteiger partial charge in [-0.05, 0) is 25.7 Å². The van der Waals surface area contributed by atoms with Crippen molar-refractivity contribution in [1.82, 2.24) is 4.90 Å². The molecule has 0 unspecified atom stereocenters. The highest BCUT2D eigenvalue weighted by atomic mass is 16.3. The second-order valence-corrected chi connectivity index (χ2v) is 4.49. The molecule has 0 radical (unpaired) electrons. The van der Waals surface area contributed by atoms with Crippen LogP contribution in [0.3, 0.4) is 0 Å². The lowest BCUT2D eigenvalue weighted by molar-refractivity contribution is -0.136. The number of hydrogen-bond acceptors (Lipinski definition) is 2. The van der Waals surface area contributed by atoms with Crippen LogP contribution in [0.1, 0.15) is 38.5 Å². The van der Waals surface area contributed by atoms with Gasteiger partial charge in [0.1, 0.15) is 0 Å². The molecule has 0 aromatic rings. The van der Waals surface area contributed by atoms with E-state index < -0.39 is 0 Å². The molecule has 3 nitrogen and oxygen atoms in total. The van der Waals surface area contributed by atoms with Gasteiger partial charge in [0.25, 0.3) is 0 Å². The number of likely N-dealkylation sites (tertiary alicyclic amines) is 1. The molecule has 2 fully saturated rings. The van der Waals surface area contributed by atoms with Gasteiger partial charge < -0.3 is 10.0 Å². The first-order chi connectivity index (χ1) is 6.83. The summed E-state index contributed by atoms with van der Waals surface area (Å²) in [6.45, 7) is 1.16. The van der Waals surface area contributed by atoms with Crippen molar-refractivity contribution in [1.29, 1.82) is 0 Å². The predicted octanol–water partition coefficient (Wildman–Crippen LogP) is 1.16. The molecule has 1 aliphatic heterocycles. The molecule has 1 saturated carbocycles. The Morgan fingerprint density at radius 3 is 2.86 bits per heavy atom. The Balaban J connectivity index is 2.01. The maximum atomic E-state index is 11.7. The monoisotopic (exact) mass is 197 g/mol. The molecule has 0 spiro atoms. The fraction of sp³-hybridized carbons (Fsp3) is 0.909. The van der Waals surface area contributed by atoms with Crippen LogP contribution in [0.5, 0.6) is 0 Å². The van der Waals surface area contributed by atoms with Crippen LogP contribution in [0.4, 0.5) is 0 Å². The van der Waals surface area contributed by atoms with E-state index in [1.165, 1.54) is 6.42 Å². The van der Waals surface area contributed by atoms with Crippen molar-refractivity contribution >= 4 is 5.91 Å². The van der Waals surface area contributed by atoms with Gasteiger partial charge in [0.2, 0.25) is 5.91 Å². The highest BCUT2D eigenvalue weighted by molar-refractivity contribution is 5.77. The molecular weight excluding hydrogens is 178 g/mol. The fourth-order valence-electron chi connectivity index (χ4n) is 2.82. The van der Waals surface area contributed by atoms with Crippen molar-refractivity contribution in [2.75, 3.05) is 13.2 Å². The largest absolute Gasteiger partial charge is 0.396 e. The van der Waals surface area contributed by atoms with E-state index in [9.17, 15) is 9.90 Å². The van der Waals surface area contributed by atoms with Crippen LogP contribution in [-0.4, -0.2) is 35.1 Å². The number of rotatable bonds is 2. The number of carbonyl (C=O) groups is 1. The van der Waals surface area contributed by atoms with Gasteiger partial charge in [-0.15, -0.1) is 0 Å². The zero-order valence-electron chi connectivity index (χ0n) is 8.61. The number of aliphatic hydroxyl groups is 1. The van der Waals surface area contributed by atoms with Crippen molar-refractivity contribution in [2.24, 2.45) is 5.92 Å². The normalized spacial score (nSPS) is 33.8. The van der Waals surface area contributed by atoms with Gasteiger partial charge in [-0.2, -0.15) is 0 Å². The van der Waals surface area contributed by atoms with Crippen LogP contribution >= 0.6 is 0 Å². The lowest BCUT2D eigenvalue weighted by atomic mass is 10.00. The molecule has 80 valence electrons. The molecule has 1 N–H and O–H groups in total. The molecule has 0 aromatic carbocycles. The van der Waals surface area contributed by atoms with E-state index in [1.807, 2.05) is 4.90 Å². The summed E-state index contributed by atoms with van der Waals surface area (Å²) in [4.78, 5) is 13.7. The summed E-state index contributed by atoms with van der Waals surface area (Å²) in [6.07, 6.45) is 6.25. The van der Waals surface area contributed by atoms with E-state index >= 15 is 0 Å². The van der Waals surface area contributed by atoms with Gasteiger partial charge in [0.05, 0.1) is 0 Å². The molecule has 3 heteroatoms. The summed E-state index contributed by atoms with van der Waals surface area (Å²) in [5.41, 5.74) is 0. The molecule has 1 saturated heterocycles. The second-order valence-electron chi connectivity index (χ2n) is 4.49. The Kier molecular flexibility index (Phi) is 3.06. The average Bonchev–Trinajstić information content (AvgIpc) is 2.66. The van der Waals surface area contributed by atoms with Crippen molar-refractivity contribution in [3.05, 3.63) is 0 Å². The zero-order valence-corrected chi connectivity index (χ0v) is 8.61. The van der Waals surface area contributed by atoms with Crippen molar-refractivity contribution < 1.29 is 9.90 Å². The number of carbonyl (C=O) groups excluding carboxylic acids is 1. The molecule has 0 bridgehead atoms. The fourth-order valence-corrected chi connectivity index (χ4v) is 2.82. The molecule has 1 amide bonds. The van der Waals surface area contributed by atoms with Gasteiger partial charge in [-0.1, -0.05) is 6.42 Å². The lowest BCUT2D eigenvalue weighted by Gasteiger charge is -2.35. The SMILES string of the molecule is O=C1CCCCN1[C@H]1CCC[C@H]1CO. The lowest BCUT2D eigenvalue weighted by Crippen LogP contribution is -2.45. The summed E-state index contributed by atoms with van der Waals surface area (Å²) < 4.78 is 0. The summed E-state index contributed by atoms with van der Waals surface area (Å²) in [5, 5.41) is 9.22. The first-order valence-electron chi connectivity index (χ1n) is 5.73. The van der Waals surface area contributed by atoms with Crippen LogP contribution in [-0.2, 0) is 4.79 Å². The van der Waals surface area contributed by atoms with Crippen molar-refractivity contribution in [3.8, 4) is 0 Å². The highest BCUT2D eigenvalue weighted by Crippen LogP contribution is 2.31. The topological polar surface area (TPSA) is 40.5 Å². The molecule has 0 aromatic heterocycles. The van der Waals surface area contributed by atoms with Gasteiger partial charge in [0, 0.05) is 31.5 Å². The van der Waals surface area contributed by atoms with Crippen LogP contribution in [0.15, 0.2) is 0 Å². The minimum absolute atomic E-state index is 0.244. The van der Waals surface area contributed by atoms with Crippen molar-refractivity contribution in [2.45, 2.75) is 44.6 Å². The summed E-state index contributed by atoms with van der Waals surface area (Å²) in [5.74, 6) is 0.652. The number of aliphatic hydroxyl groups excluding tert-OH is 1. The molecule has 1 aliphatic carbocycles. The van der Waals surface area contributed by atoms with E-state index in [2.05, 4.69) is 0 Å². The Morgan fingerprint density at radius 2 is 2.14 bits per heavy atom. The molecular formula is C11H19NO2. The van der Waals surface area contributed by atoms with Gasteiger partial charge >= 0.3 is 0 Å². The summed E-state index contributed by atoms with van der Waals surface area (Å²) in [7, 11) is 0. The van der Waals surface area contributed by atoms with E-state index in [-0.39, 0.29) is 6.61 Å². The second kappa shape index (κ2) is 4.30. The van der Waals surface area contributed by atoms with E-state index in [0.29, 0.717) is 24.3 Å². The first-order valence-corrected chi connectivity index (χ1v) is 5.73. The summed E-state index contributed by atoms with van der Waals surface area (Å²) >= 11 is 0. The number of hydrogen-bond donors (Lipinski definition) is 1. The minimum Gasteiger partial charge on any atom is -0.396 e. The molecule has 2 atom stereocenters. The molecule has 2 aliphatic rings. The molecule has 1 heterocycles. The van der Waals surface area contributed by atoms with Crippen LogP contribution in [0.2, 0.25) is 0 Å². The van der Waals surface area contributed by atoms with Gasteiger partial charge in [-0.25, -0.2) is 0 Å². The minimum atomic E-state index is 0.244. The number of nitrogens with zero attached hydrogens (tertiary/aromatic N) is 1. The highest BCUT2D eigenvalue weighted by Gasteiger charge is 2.34. The Hall–Kier alpha value is -0.570. The number of amides is 1. The third-order valence-electron chi connectivity index (χ3n) is 3.61. The Labute approximate surface area is 85.1 Å². The maximum Gasteiger partial charge on any atom is 0.222 e. The van der Waals surface area contributed by atoms with E-state index in [1.54, 1.807) is 0 Å². The first kappa shape index (κ1) is 9.97. The average molecular weight is 197 g/mol. The van der Waals surface area contributed by atoms with Gasteiger partial charge in [-0.3, -0.25) is 4.79 Å². The zero-order chi connectivity index (χ0) is 9.97. The van der Waals surface area contributed by atoms with E-state index in [0.717, 1.165) is 32.2 Å². The Bertz CT molecular complexity index is 217. The Morgan fingerprint density at radius 1 is 1.29 bits per heavy atom. The smallest absolute Gasteiger partial charge is 0.222 e. The maximum absolute atomic E-state index is 11.7. The van der Waals surface area contributed by atoms with Crippen LogP contribution < -0.4 is 0 Å². The number of piperidine rings is 1. The quantitative estimate of drug-likeness (QED) is 0.721. The van der Waals surface area contributed by atoms with E-state index in [4.69, 9.17) is 0 Å². The molecule has 2 rings (SSSR count). The predicted molar refractivity (Wildman–Crippen MR) is 53.8 cm³/mol. The third-order valence-corrected chi connectivity index (χ3v) is 3.61. The standard InChI is InChI=1S/C11H19NO2/c13-8-9-4-3-5-10(9)12-7-2-1-6-11(12)14/h9-10,13H,1-8H2/t9-,10-/m0/s1. The van der Waals surface area contributed by atoms with Gasteiger partial charge in [0.15, 0.2) is 0 Å². The van der Waals surface area contributed by atoms with Crippen molar-refractivity contribution in [3.63, 3.8) is 0 Å². The van der Waals surface area contributed by atoms with Crippen LogP contribution in [0.25, 0.3) is 0 Å². The summed E-state index contributed by atoms with van der Waals surface area (Å²) in [6, 6.07) is 0.341. The molecule has 14 heavy (non-hydrogen) atoms. The van der Waals surface area contributed by atoms with Crippen LogP contribution in [0, 0.1) is 5.92 Å². The third kappa shape index (κ3) is 1.78.